The molecule has 1 unspecified atom stereocenters. The fourth-order valence-corrected chi connectivity index (χ4v) is 9.79. The fourth-order valence-electron chi connectivity index (χ4n) is 9.79. The van der Waals surface area contributed by atoms with Crippen LogP contribution >= 0.6 is 0 Å². The van der Waals surface area contributed by atoms with Gasteiger partial charge < -0.3 is 9.47 Å². The molecule has 1 atom stereocenters. The van der Waals surface area contributed by atoms with Gasteiger partial charge in [0.1, 0.15) is 0 Å². The van der Waals surface area contributed by atoms with E-state index in [1.54, 1.807) is 0 Å². The largest absolute Gasteiger partial charge is 0.318 e. The summed E-state index contributed by atoms with van der Waals surface area (Å²) in [5, 5.41) is 1.39. The third-order valence-electron chi connectivity index (χ3n) is 12.6. The highest BCUT2D eigenvalue weighted by molar-refractivity contribution is 5.95. The van der Waals surface area contributed by atoms with Crippen molar-refractivity contribution in [1.82, 2.24) is 4.57 Å². The average Bonchev–Trinajstić information content (AvgIpc) is 3.67. The molecule has 5 aliphatic rings. The monoisotopic (exact) mass is 686 g/mol. The van der Waals surface area contributed by atoms with Crippen LogP contribution in [0, 0.1) is 5.92 Å². The molecule has 1 aromatic heterocycles. The summed E-state index contributed by atoms with van der Waals surface area (Å²) in [6.45, 7) is 4.88. The summed E-state index contributed by atoms with van der Waals surface area (Å²) in [4.78, 5) is 2.58. The zero-order valence-electron chi connectivity index (χ0n) is 30.9. The van der Waals surface area contributed by atoms with Crippen molar-refractivity contribution >= 4 is 39.5 Å². The molecule has 10 rings (SSSR count). The summed E-state index contributed by atoms with van der Waals surface area (Å²) in [6, 6.07) is 36.5. The van der Waals surface area contributed by atoms with Crippen molar-refractivity contribution < 1.29 is 0 Å². The molecule has 5 aromatic rings. The number of hydrogen-bond acceptors (Lipinski definition) is 1. The number of fused-ring (bicyclic) bond motifs is 6. The van der Waals surface area contributed by atoms with Gasteiger partial charge in [-0.1, -0.05) is 117 Å². The Morgan fingerprint density at radius 2 is 1.45 bits per heavy atom. The van der Waals surface area contributed by atoms with Gasteiger partial charge in [-0.15, -0.1) is 0 Å². The van der Waals surface area contributed by atoms with E-state index in [9.17, 15) is 0 Å². The maximum Gasteiger partial charge on any atom is 0.0534 e. The van der Waals surface area contributed by atoms with Crippen LogP contribution in [0.2, 0.25) is 0 Å². The number of anilines is 1. The highest BCUT2D eigenvalue weighted by Crippen LogP contribution is 2.54. The summed E-state index contributed by atoms with van der Waals surface area (Å²) in [5.41, 5.74) is 19.3. The van der Waals surface area contributed by atoms with E-state index in [0.717, 1.165) is 44.9 Å². The molecule has 1 heterocycles. The van der Waals surface area contributed by atoms with E-state index in [1.807, 2.05) is 0 Å². The van der Waals surface area contributed by atoms with Crippen molar-refractivity contribution in [3.63, 3.8) is 0 Å². The van der Waals surface area contributed by atoms with Crippen LogP contribution in [0.25, 0.3) is 44.9 Å². The molecular weight excluding hydrogens is 641 g/mol. The van der Waals surface area contributed by atoms with Crippen LogP contribution in [0.4, 0.5) is 5.69 Å². The summed E-state index contributed by atoms with van der Waals surface area (Å²) in [5.74, 6) is 0.446. The smallest absolute Gasteiger partial charge is 0.0534 e. The first-order valence-corrected chi connectivity index (χ1v) is 19.6. The average molecular weight is 687 g/mol. The number of nitrogens with zero attached hydrogens (tertiary/aromatic N) is 2. The second kappa shape index (κ2) is 12.8. The molecule has 2 nitrogen and oxygen atoms in total. The lowest BCUT2D eigenvalue weighted by Crippen LogP contribution is -2.30. The molecule has 5 aliphatic carbocycles. The van der Waals surface area contributed by atoms with Crippen molar-refractivity contribution in [2.24, 2.45) is 5.92 Å². The van der Waals surface area contributed by atoms with Crippen molar-refractivity contribution in [1.29, 1.82) is 0 Å². The Hall–Kier alpha value is -5.60. The first kappa shape index (κ1) is 32.1. The van der Waals surface area contributed by atoms with Crippen LogP contribution in [0.1, 0.15) is 80.3 Å². The number of aromatic nitrogens is 1. The highest BCUT2D eigenvalue weighted by atomic mass is 15.2. The van der Waals surface area contributed by atoms with E-state index in [1.165, 1.54) is 83.9 Å². The third kappa shape index (κ3) is 5.38. The quantitative estimate of drug-likeness (QED) is 0.173. The number of rotatable bonds is 6. The van der Waals surface area contributed by atoms with E-state index in [0.29, 0.717) is 5.92 Å². The van der Waals surface area contributed by atoms with Gasteiger partial charge in [-0.3, -0.25) is 0 Å². The number of allylic oxidation sites excluding steroid dienone is 13. The zero-order valence-corrected chi connectivity index (χ0v) is 30.9. The Morgan fingerprint density at radius 3 is 2.26 bits per heavy atom. The lowest BCUT2D eigenvalue weighted by molar-refractivity contribution is 0.406. The topological polar surface area (TPSA) is 8.17 Å². The Morgan fingerprint density at radius 1 is 0.660 bits per heavy atom. The van der Waals surface area contributed by atoms with Crippen LogP contribution in [0.3, 0.4) is 0 Å². The molecular formula is C51H46N2. The van der Waals surface area contributed by atoms with E-state index in [4.69, 9.17) is 0 Å². The van der Waals surface area contributed by atoms with Crippen molar-refractivity contribution in [3.8, 4) is 11.1 Å². The van der Waals surface area contributed by atoms with Gasteiger partial charge in [-0.2, -0.15) is 0 Å². The molecule has 0 amide bonds. The first-order chi connectivity index (χ1) is 26.0. The molecule has 260 valence electrons. The molecule has 53 heavy (non-hydrogen) atoms. The predicted molar refractivity (Wildman–Crippen MR) is 225 cm³/mol. The molecule has 0 fully saturated rings. The molecule has 0 aliphatic heterocycles. The van der Waals surface area contributed by atoms with Gasteiger partial charge in [0.2, 0.25) is 0 Å². The Kier molecular flexibility index (Phi) is 7.76. The van der Waals surface area contributed by atoms with Gasteiger partial charge in [0.05, 0.1) is 5.52 Å². The Labute approximate surface area is 314 Å². The van der Waals surface area contributed by atoms with Gasteiger partial charge in [-0.25, -0.2) is 0 Å². The zero-order chi connectivity index (χ0) is 35.5. The molecule has 0 saturated carbocycles. The van der Waals surface area contributed by atoms with E-state index in [-0.39, 0.29) is 5.41 Å². The summed E-state index contributed by atoms with van der Waals surface area (Å²) in [7, 11) is 0. The third-order valence-corrected chi connectivity index (χ3v) is 12.6. The molecule has 0 spiro atoms. The highest BCUT2D eigenvalue weighted by Gasteiger charge is 2.44. The second-order valence-electron chi connectivity index (χ2n) is 15.9. The predicted octanol–water partition coefficient (Wildman–Crippen LogP) is 13.3. The molecule has 2 heteroatoms. The van der Waals surface area contributed by atoms with Gasteiger partial charge in [0.15, 0.2) is 0 Å². The van der Waals surface area contributed by atoms with E-state index < -0.39 is 0 Å². The van der Waals surface area contributed by atoms with Crippen LogP contribution in [0.5, 0.6) is 0 Å². The minimum Gasteiger partial charge on any atom is -0.318 e. The minimum atomic E-state index is 0.0790. The summed E-state index contributed by atoms with van der Waals surface area (Å²) < 4.78 is 2.52. The Balaban J connectivity index is 1.03. The lowest BCUT2D eigenvalue weighted by atomic mass is 9.73. The summed E-state index contributed by atoms with van der Waals surface area (Å²) in [6.07, 6.45) is 28.5. The number of hydrogen-bond donors (Lipinski definition) is 0. The van der Waals surface area contributed by atoms with E-state index in [2.05, 4.69) is 175 Å². The van der Waals surface area contributed by atoms with Gasteiger partial charge in [-0.05, 0) is 149 Å². The maximum atomic E-state index is 2.58. The maximum absolute atomic E-state index is 2.58. The second-order valence-corrected chi connectivity index (χ2v) is 15.9. The molecule has 4 aromatic carbocycles. The Bertz CT molecular complexity index is 2490. The van der Waals surface area contributed by atoms with Gasteiger partial charge in [0.25, 0.3) is 0 Å². The molecule has 0 bridgehead atoms. The van der Waals surface area contributed by atoms with Crippen molar-refractivity contribution in [3.05, 3.63) is 185 Å². The molecule has 0 saturated heterocycles. The first-order valence-electron chi connectivity index (χ1n) is 19.6. The molecule has 0 N–H and O–H groups in total. The van der Waals surface area contributed by atoms with Gasteiger partial charge >= 0.3 is 0 Å². The van der Waals surface area contributed by atoms with Crippen LogP contribution in [0.15, 0.2) is 157 Å². The van der Waals surface area contributed by atoms with Crippen LogP contribution in [-0.2, 0) is 11.8 Å². The standard InChI is InChI=1S/C51H46N2/c1-51(2)47-19-11-9-17-43(47)44-31-30-42(34-48(44)51)52(40-26-21-36(22-27-40)35-13-5-3-6-14-35)41-28-23-37(24-29-41)38-25-32-50-46(33-38)45-18-10-12-20-49(45)53(50)39-15-7-4-8-16-39/h3-7,9,11-15,17,19-21,23-26,28-33,48H,8,10,16,18,22,27,34H2,1-2H3. The lowest BCUT2D eigenvalue weighted by Gasteiger charge is -2.37. The minimum absolute atomic E-state index is 0.0790. The molecule has 0 radical (unpaired) electrons. The normalized spacial score (nSPS) is 19.7. The van der Waals surface area contributed by atoms with Crippen molar-refractivity contribution in [2.45, 2.75) is 64.2 Å². The fraction of sp³-hybridized carbons (Fsp3) is 0.216. The van der Waals surface area contributed by atoms with E-state index >= 15 is 0 Å². The van der Waals surface area contributed by atoms with Gasteiger partial charge in [0, 0.05) is 33.9 Å². The summed E-state index contributed by atoms with van der Waals surface area (Å²) >= 11 is 0. The SMILES string of the molecule is CC1(C)c2ccccc2C2=CC=C(N(C3=CC=C(c4ccccc4)CC3)c3ccc(-c4ccc5c(c4)c4c(n5C5=CC=CCC5)C=CCC4)cc3)CC21. The number of benzene rings is 4. The van der Waals surface area contributed by atoms with Crippen LogP contribution in [-0.4, -0.2) is 4.57 Å². The van der Waals surface area contributed by atoms with Crippen LogP contribution < -0.4 is 4.90 Å². The number of aryl methyl sites for hydroxylation is 1. The van der Waals surface area contributed by atoms with Crippen molar-refractivity contribution in [2.75, 3.05) is 4.90 Å².